The summed E-state index contributed by atoms with van der Waals surface area (Å²) in [6.07, 6.45) is 4.74. The van der Waals surface area contributed by atoms with Gasteiger partial charge in [-0.1, -0.05) is 32.4 Å². The van der Waals surface area contributed by atoms with E-state index < -0.39 is 17.9 Å². The first-order chi connectivity index (χ1) is 14.4. The summed E-state index contributed by atoms with van der Waals surface area (Å²) in [7, 11) is 0. The van der Waals surface area contributed by atoms with Crippen molar-refractivity contribution in [2.45, 2.75) is 45.6 Å². The molecular weight excluding hydrogens is 380 g/mol. The second kappa shape index (κ2) is 7.82. The minimum absolute atomic E-state index is 0.230. The Hall–Kier alpha value is -3.35. The molecule has 3 N–H and O–H groups in total. The molecule has 4 aromatic rings. The summed E-state index contributed by atoms with van der Waals surface area (Å²) in [4.78, 5) is 35.8. The molecule has 3 heterocycles. The number of aryl methyl sites for hydroxylation is 1. The highest BCUT2D eigenvalue weighted by Gasteiger charge is 2.37. The minimum Gasteiger partial charge on any atom is -0.481 e. The Morgan fingerprint density at radius 3 is 2.73 bits per heavy atom. The molecule has 0 fully saturated rings. The molecule has 7 nitrogen and oxygen atoms in total. The van der Waals surface area contributed by atoms with Crippen LogP contribution in [0.4, 0.5) is 0 Å². The number of carboxylic acids is 1. The van der Waals surface area contributed by atoms with Gasteiger partial charge < -0.3 is 15.1 Å². The van der Waals surface area contributed by atoms with Gasteiger partial charge in [-0.15, -0.1) is 0 Å². The summed E-state index contributed by atoms with van der Waals surface area (Å²) in [5.41, 5.74) is 3.88. The van der Waals surface area contributed by atoms with Gasteiger partial charge in [-0.05, 0) is 42.7 Å². The Bertz CT molecular complexity index is 1270. The fourth-order valence-corrected chi connectivity index (χ4v) is 4.68. The molecule has 0 saturated carbocycles. The van der Waals surface area contributed by atoms with Crippen LogP contribution in [0.25, 0.3) is 22.1 Å². The largest absolute Gasteiger partial charge is 0.481 e. The number of rotatable bonds is 7. The van der Waals surface area contributed by atoms with Crippen LogP contribution in [-0.2, 0) is 4.79 Å². The number of nitrogens with one attached hydrogen (secondary N) is 2. The number of imidazole rings is 1. The molecular formula is C23H26N4O3. The molecule has 30 heavy (non-hydrogen) atoms. The second-order valence-electron chi connectivity index (χ2n) is 7.93. The molecule has 0 aliphatic heterocycles. The highest BCUT2D eigenvalue weighted by atomic mass is 16.4. The smallest absolute Gasteiger partial charge is 0.327 e. The molecule has 0 bridgehead atoms. The van der Waals surface area contributed by atoms with Crippen molar-refractivity contribution in [3.8, 4) is 0 Å². The number of aromatic amines is 2. The number of hydrogen-bond donors (Lipinski definition) is 3. The summed E-state index contributed by atoms with van der Waals surface area (Å²) in [6, 6.07) is 9.00. The molecule has 0 aliphatic rings. The van der Waals surface area contributed by atoms with E-state index in [4.69, 9.17) is 0 Å². The molecule has 3 aromatic heterocycles. The standard InChI is InChI=1S/C23H26N4O3/c1-4-7-15(22(28)29)20(27-21-18(26-23(27)30)10-6-11-24-21)14(3)16-12-25-17-9-5-8-13(2)19(16)17/h5-6,8-12,14-15,20,25H,4,7H2,1-3H3,(H,26,30)(H,28,29). The summed E-state index contributed by atoms with van der Waals surface area (Å²) in [6.45, 7) is 6.00. The lowest BCUT2D eigenvalue weighted by Crippen LogP contribution is -2.35. The van der Waals surface area contributed by atoms with Crippen LogP contribution < -0.4 is 5.69 Å². The number of carboxylic acid groups (broad SMARTS) is 1. The van der Waals surface area contributed by atoms with Crippen molar-refractivity contribution in [3.05, 3.63) is 64.3 Å². The number of pyridine rings is 1. The minimum atomic E-state index is -0.901. The third-order valence-corrected chi connectivity index (χ3v) is 6.05. The molecule has 0 amide bonds. The van der Waals surface area contributed by atoms with E-state index >= 15 is 0 Å². The van der Waals surface area contributed by atoms with E-state index in [-0.39, 0.29) is 11.6 Å². The Kier molecular flexibility index (Phi) is 5.20. The molecule has 3 unspecified atom stereocenters. The van der Waals surface area contributed by atoms with Crippen molar-refractivity contribution in [2.24, 2.45) is 5.92 Å². The van der Waals surface area contributed by atoms with E-state index in [1.54, 1.807) is 22.9 Å². The number of hydrogen-bond acceptors (Lipinski definition) is 3. The van der Waals surface area contributed by atoms with Gasteiger partial charge in [0.25, 0.3) is 0 Å². The molecule has 1 aromatic carbocycles. The maximum absolute atomic E-state index is 13.0. The lowest BCUT2D eigenvalue weighted by atomic mass is 9.81. The summed E-state index contributed by atoms with van der Waals surface area (Å²) in [5, 5.41) is 11.2. The van der Waals surface area contributed by atoms with E-state index in [2.05, 4.69) is 15.0 Å². The second-order valence-corrected chi connectivity index (χ2v) is 7.93. The van der Waals surface area contributed by atoms with Gasteiger partial charge in [0.15, 0.2) is 5.65 Å². The monoisotopic (exact) mass is 406 g/mol. The zero-order valence-electron chi connectivity index (χ0n) is 17.3. The molecule has 3 atom stereocenters. The molecule has 7 heteroatoms. The van der Waals surface area contributed by atoms with Gasteiger partial charge in [0.2, 0.25) is 0 Å². The van der Waals surface area contributed by atoms with E-state index in [9.17, 15) is 14.7 Å². The van der Waals surface area contributed by atoms with Gasteiger partial charge in [-0.25, -0.2) is 9.78 Å². The first kappa shape index (κ1) is 19.9. The van der Waals surface area contributed by atoms with Crippen LogP contribution in [0.5, 0.6) is 0 Å². The first-order valence-electron chi connectivity index (χ1n) is 10.3. The molecule has 0 spiro atoms. The van der Waals surface area contributed by atoms with Crippen LogP contribution in [0, 0.1) is 12.8 Å². The van der Waals surface area contributed by atoms with Crippen molar-refractivity contribution in [3.63, 3.8) is 0 Å². The SMILES string of the molecule is CCCC(C(=O)O)C(C(C)c1c[nH]c2cccc(C)c12)n1c(=O)[nH]c2cccnc21. The molecule has 0 radical (unpaired) electrons. The van der Waals surface area contributed by atoms with Gasteiger partial charge in [-0.3, -0.25) is 9.36 Å². The van der Waals surface area contributed by atoms with Gasteiger partial charge >= 0.3 is 11.7 Å². The highest BCUT2D eigenvalue weighted by Crippen LogP contribution is 2.40. The first-order valence-corrected chi connectivity index (χ1v) is 10.3. The Balaban J connectivity index is 1.96. The molecule has 156 valence electrons. The average molecular weight is 406 g/mol. The number of aliphatic carboxylic acids is 1. The lowest BCUT2D eigenvalue weighted by molar-refractivity contribution is -0.144. The summed E-state index contributed by atoms with van der Waals surface area (Å²) < 4.78 is 1.55. The van der Waals surface area contributed by atoms with Crippen molar-refractivity contribution >= 4 is 28.0 Å². The molecule has 4 rings (SSSR count). The highest BCUT2D eigenvalue weighted by molar-refractivity contribution is 5.87. The van der Waals surface area contributed by atoms with Gasteiger partial charge in [-0.2, -0.15) is 0 Å². The fraction of sp³-hybridized carbons (Fsp3) is 0.348. The maximum atomic E-state index is 13.0. The quantitative estimate of drug-likeness (QED) is 0.424. The number of fused-ring (bicyclic) bond motifs is 2. The van der Waals surface area contributed by atoms with E-state index in [0.29, 0.717) is 24.0 Å². The Morgan fingerprint density at radius 1 is 1.23 bits per heavy atom. The van der Waals surface area contributed by atoms with E-state index in [0.717, 1.165) is 22.0 Å². The van der Waals surface area contributed by atoms with Crippen molar-refractivity contribution in [2.75, 3.05) is 0 Å². The topological polar surface area (TPSA) is 104 Å². The zero-order valence-corrected chi connectivity index (χ0v) is 17.3. The average Bonchev–Trinajstić information content (AvgIpc) is 3.29. The van der Waals surface area contributed by atoms with Crippen LogP contribution in [-0.4, -0.2) is 30.6 Å². The zero-order chi connectivity index (χ0) is 21.4. The molecule has 0 saturated heterocycles. The number of nitrogens with zero attached hydrogens (tertiary/aromatic N) is 2. The Morgan fingerprint density at radius 2 is 2.00 bits per heavy atom. The third-order valence-electron chi connectivity index (χ3n) is 6.05. The van der Waals surface area contributed by atoms with Gasteiger partial charge in [0.05, 0.1) is 17.5 Å². The fourth-order valence-electron chi connectivity index (χ4n) is 4.68. The van der Waals surface area contributed by atoms with Crippen LogP contribution in [0.3, 0.4) is 0 Å². The summed E-state index contributed by atoms with van der Waals surface area (Å²) >= 11 is 0. The normalized spacial score (nSPS) is 14.8. The maximum Gasteiger partial charge on any atom is 0.327 e. The van der Waals surface area contributed by atoms with E-state index in [1.165, 1.54) is 0 Å². The summed E-state index contributed by atoms with van der Waals surface area (Å²) in [5.74, 6) is -1.86. The van der Waals surface area contributed by atoms with Gasteiger partial charge in [0.1, 0.15) is 0 Å². The lowest BCUT2D eigenvalue weighted by Gasteiger charge is -2.30. The third kappa shape index (κ3) is 3.20. The van der Waals surface area contributed by atoms with Crippen molar-refractivity contribution < 1.29 is 9.90 Å². The van der Waals surface area contributed by atoms with Gasteiger partial charge in [0, 0.05) is 29.2 Å². The van der Waals surface area contributed by atoms with Crippen molar-refractivity contribution in [1.29, 1.82) is 0 Å². The predicted octanol–water partition coefficient (Wildman–Crippen LogP) is 4.36. The van der Waals surface area contributed by atoms with Crippen LogP contribution in [0.15, 0.2) is 47.5 Å². The van der Waals surface area contributed by atoms with Crippen LogP contribution in [0.2, 0.25) is 0 Å². The van der Waals surface area contributed by atoms with Crippen LogP contribution >= 0.6 is 0 Å². The predicted molar refractivity (Wildman–Crippen MR) is 117 cm³/mol. The number of H-pyrrole nitrogens is 2. The number of aromatic nitrogens is 4. The Labute approximate surface area is 173 Å². The number of benzene rings is 1. The molecule has 0 aliphatic carbocycles. The van der Waals surface area contributed by atoms with Crippen LogP contribution in [0.1, 0.15) is 49.8 Å². The number of carbonyl (C=O) groups is 1. The van der Waals surface area contributed by atoms with Crippen molar-refractivity contribution in [1.82, 2.24) is 19.5 Å². The van der Waals surface area contributed by atoms with E-state index in [1.807, 2.05) is 45.2 Å².